The van der Waals surface area contributed by atoms with Gasteiger partial charge >= 0.3 is 6.18 Å². The first-order valence-electron chi connectivity index (χ1n) is 11.9. The summed E-state index contributed by atoms with van der Waals surface area (Å²) in [6.07, 6.45) is -3.13. The van der Waals surface area contributed by atoms with Crippen LogP contribution >= 0.6 is 0 Å². The van der Waals surface area contributed by atoms with Crippen molar-refractivity contribution in [2.24, 2.45) is 11.8 Å². The number of alkyl halides is 3. The summed E-state index contributed by atoms with van der Waals surface area (Å²) in [6, 6.07) is 4.58. The lowest BCUT2D eigenvalue weighted by molar-refractivity contribution is -0.139. The largest absolute Gasteiger partial charge is 0.418 e. The maximum Gasteiger partial charge on any atom is 0.418 e. The fourth-order valence-corrected chi connectivity index (χ4v) is 5.26. The van der Waals surface area contributed by atoms with Crippen molar-refractivity contribution < 1.29 is 18.0 Å². The van der Waals surface area contributed by atoms with Gasteiger partial charge in [-0.05, 0) is 82.7 Å². The van der Waals surface area contributed by atoms with E-state index in [0.29, 0.717) is 47.4 Å². The number of hydrogen-bond acceptors (Lipinski definition) is 7. The SMILES string of the molecule is Cc1cc(C)nc(-c2ccc(C)nc2C(=O)c2c(N)nc(C3CC4CC4CN3)c(C(F)(F)F)c2C)n1. The van der Waals surface area contributed by atoms with E-state index >= 15 is 0 Å². The van der Waals surface area contributed by atoms with Gasteiger partial charge in [0, 0.05) is 22.6 Å². The Morgan fingerprint density at radius 1 is 0.972 bits per heavy atom. The second-order valence-corrected chi connectivity index (χ2v) is 9.86. The number of nitrogens with two attached hydrogens (primary N) is 1. The van der Waals surface area contributed by atoms with Crippen molar-refractivity contribution in [3.63, 3.8) is 0 Å². The van der Waals surface area contributed by atoms with Crippen LogP contribution in [-0.4, -0.2) is 32.3 Å². The van der Waals surface area contributed by atoms with E-state index in [0.717, 1.165) is 6.42 Å². The third-order valence-corrected chi connectivity index (χ3v) is 7.05. The van der Waals surface area contributed by atoms with E-state index in [-0.39, 0.29) is 34.2 Å². The van der Waals surface area contributed by atoms with Gasteiger partial charge in [0.1, 0.15) is 11.5 Å². The molecule has 188 valence electrons. The Balaban J connectivity index is 1.66. The van der Waals surface area contributed by atoms with Gasteiger partial charge in [-0.2, -0.15) is 13.2 Å². The molecule has 10 heteroatoms. The minimum absolute atomic E-state index is 0.0610. The van der Waals surface area contributed by atoms with Crippen LogP contribution in [-0.2, 0) is 6.18 Å². The number of ketones is 1. The second-order valence-electron chi connectivity index (χ2n) is 9.86. The number of piperidine rings is 1. The first kappa shape index (κ1) is 24.3. The number of halogens is 3. The Bertz CT molecular complexity index is 1370. The van der Waals surface area contributed by atoms with Crippen molar-refractivity contribution in [3.05, 3.63) is 63.4 Å². The molecule has 36 heavy (non-hydrogen) atoms. The highest BCUT2D eigenvalue weighted by Crippen LogP contribution is 2.49. The summed E-state index contributed by atoms with van der Waals surface area (Å²) in [7, 11) is 0. The molecule has 3 aromatic heterocycles. The molecule has 7 nitrogen and oxygen atoms in total. The molecule has 3 atom stereocenters. The molecule has 2 fully saturated rings. The number of aromatic nitrogens is 4. The standard InChI is InChI=1S/C26H27F3N6O/c1-11-5-6-17(25-33-12(2)7-13(3)34-25)21(32-11)23(36)19-14(4)20(26(27,28)29)22(35-24(19)30)18-9-15-8-16(15)10-31-18/h5-7,15-16,18,31H,8-10H2,1-4H3,(H2,30,35). The van der Waals surface area contributed by atoms with Crippen LogP contribution in [0, 0.1) is 39.5 Å². The summed E-state index contributed by atoms with van der Waals surface area (Å²) in [5.41, 5.74) is 6.78. The molecule has 0 spiro atoms. The van der Waals surface area contributed by atoms with Crippen LogP contribution in [0.25, 0.3) is 11.4 Å². The van der Waals surface area contributed by atoms with E-state index in [9.17, 15) is 18.0 Å². The number of fused-ring (bicyclic) bond motifs is 1. The van der Waals surface area contributed by atoms with Crippen molar-refractivity contribution in [2.75, 3.05) is 12.3 Å². The van der Waals surface area contributed by atoms with Gasteiger partial charge in [-0.15, -0.1) is 0 Å². The van der Waals surface area contributed by atoms with Crippen molar-refractivity contribution in [1.29, 1.82) is 0 Å². The quantitative estimate of drug-likeness (QED) is 0.506. The van der Waals surface area contributed by atoms with Gasteiger partial charge in [0.2, 0.25) is 5.78 Å². The van der Waals surface area contributed by atoms with Crippen LogP contribution < -0.4 is 11.1 Å². The van der Waals surface area contributed by atoms with E-state index in [4.69, 9.17) is 5.73 Å². The summed E-state index contributed by atoms with van der Waals surface area (Å²) in [6.45, 7) is 7.22. The molecular weight excluding hydrogens is 469 g/mol. The number of nitrogens with zero attached hydrogens (tertiary/aromatic N) is 4. The number of rotatable bonds is 4. The molecule has 0 radical (unpaired) electrons. The summed E-state index contributed by atoms with van der Waals surface area (Å²) in [4.78, 5) is 31.2. The Kier molecular flexibility index (Phi) is 5.82. The maximum absolute atomic E-state index is 14.4. The molecule has 0 aromatic carbocycles. The summed E-state index contributed by atoms with van der Waals surface area (Å²) < 4.78 is 43.2. The van der Waals surface area contributed by atoms with Crippen LogP contribution in [0.3, 0.4) is 0 Å². The minimum Gasteiger partial charge on any atom is -0.383 e. The molecule has 0 amide bonds. The third kappa shape index (κ3) is 4.34. The number of nitrogens with one attached hydrogen (secondary N) is 1. The zero-order valence-electron chi connectivity index (χ0n) is 20.5. The van der Waals surface area contributed by atoms with Crippen LogP contribution in [0.1, 0.15) is 68.8 Å². The molecule has 3 N–H and O–H groups in total. The van der Waals surface area contributed by atoms with Crippen LogP contribution in [0.2, 0.25) is 0 Å². The lowest BCUT2D eigenvalue weighted by atomic mass is 9.90. The average molecular weight is 497 g/mol. The highest BCUT2D eigenvalue weighted by Gasteiger charge is 2.46. The van der Waals surface area contributed by atoms with Crippen molar-refractivity contribution in [3.8, 4) is 11.4 Å². The van der Waals surface area contributed by atoms with Gasteiger partial charge in [-0.1, -0.05) is 0 Å². The highest BCUT2D eigenvalue weighted by molar-refractivity contribution is 6.14. The van der Waals surface area contributed by atoms with E-state index in [2.05, 4.69) is 25.3 Å². The van der Waals surface area contributed by atoms with Gasteiger partial charge in [0.25, 0.3) is 0 Å². The molecule has 0 bridgehead atoms. The van der Waals surface area contributed by atoms with Crippen molar-refractivity contribution in [2.45, 2.75) is 52.8 Å². The number of carbonyl (C=O) groups is 1. The molecular formula is C26H27F3N6O. The monoisotopic (exact) mass is 496 g/mol. The zero-order valence-corrected chi connectivity index (χ0v) is 20.5. The Labute approximate surface area is 206 Å². The first-order valence-corrected chi connectivity index (χ1v) is 11.9. The topological polar surface area (TPSA) is 107 Å². The third-order valence-electron chi connectivity index (χ3n) is 7.05. The second kappa shape index (κ2) is 8.62. The molecule has 3 aromatic rings. The average Bonchev–Trinajstić information content (AvgIpc) is 3.55. The number of aryl methyl sites for hydroxylation is 3. The van der Waals surface area contributed by atoms with Gasteiger partial charge in [0.05, 0.1) is 22.9 Å². The molecule has 1 saturated heterocycles. The maximum atomic E-state index is 14.4. The number of pyridine rings is 2. The van der Waals surface area contributed by atoms with Gasteiger partial charge in [-0.3, -0.25) is 4.79 Å². The molecule has 3 unspecified atom stereocenters. The van der Waals surface area contributed by atoms with E-state index in [1.54, 1.807) is 39.0 Å². The summed E-state index contributed by atoms with van der Waals surface area (Å²) >= 11 is 0. The summed E-state index contributed by atoms with van der Waals surface area (Å²) in [5, 5.41) is 3.19. The van der Waals surface area contributed by atoms with Crippen molar-refractivity contribution in [1.82, 2.24) is 25.3 Å². The normalized spacial score (nSPS) is 21.2. The van der Waals surface area contributed by atoms with Crippen LogP contribution in [0.4, 0.5) is 19.0 Å². The van der Waals surface area contributed by atoms with Gasteiger partial charge in [0.15, 0.2) is 5.82 Å². The number of hydrogen-bond donors (Lipinski definition) is 2. The fourth-order valence-electron chi connectivity index (χ4n) is 5.26. The number of anilines is 1. The zero-order chi connectivity index (χ0) is 25.9. The Morgan fingerprint density at radius 3 is 2.31 bits per heavy atom. The Morgan fingerprint density at radius 2 is 1.67 bits per heavy atom. The predicted molar refractivity (Wildman–Crippen MR) is 128 cm³/mol. The van der Waals surface area contributed by atoms with E-state index < -0.39 is 23.6 Å². The lowest BCUT2D eigenvalue weighted by Crippen LogP contribution is -2.32. The molecule has 4 heterocycles. The minimum atomic E-state index is -4.71. The smallest absolute Gasteiger partial charge is 0.383 e. The van der Waals surface area contributed by atoms with E-state index in [1.165, 1.54) is 6.92 Å². The summed E-state index contributed by atoms with van der Waals surface area (Å²) in [5.74, 6) is 0.211. The number of nitrogen functional groups attached to an aromatic ring is 1. The van der Waals surface area contributed by atoms with Crippen LogP contribution in [0.5, 0.6) is 0 Å². The molecule has 1 aliphatic heterocycles. The van der Waals surface area contributed by atoms with Gasteiger partial charge < -0.3 is 11.1 Å². The van der Waals surface area contributed by atoms with E-state index in [1.807, 2.05) is 0 Å². The molecule has 5 rings (SSSR count). The first-order chi connectivity index (χ1) is 16.9. The number of carbonyl (C=O) groups excluding carboxylic acids is 1. The Hall–Kier alpha value is -3.40. The molecule has 1 saturated carbocycles. The molecule has 1 aliphatic carbocycles. The predicted octanol–water partition coefficient (Wildman–Crippen LogP) is 4.67. The van der Waals surface area contributed by atoms with Crippen LogP contribution in [0.15, 0.2) is 18.2 Å². The molecule has 2 aliphatic rings. The highest BCUT2D eigenvalue weighted by atomic mass is 19.4. The fraction of sp³-hybridized carbons (Fsp3) is 0.423. The lowest BCUT2D eigenvalue weighted by Gasteiger charge is -2.27. The van der Waals surface area contributed by atoms with Gasteiger partial charge in [-0.25, -0.2) is 19.9 Å². The van der Waals surface area contributed by atoms with Crippen molar-refractivity contribution >= 4 is 11.6 Å².